The molecule has 5 heteroatoms. The summed E-state index contributed by atoms with van der Waals surface area (Å²) >= 11 is 0. The lowest BCUT2D eigenvalue weighted by atomic mass is 10.3. The van der Waals surface area contributed by atoms with Crippen LogP contribution in [0.2, 0.25) is 0 Å². The lowest BCUT2D eigenvalue weighted by Crippen LogP contribution is -2.20. The van der Waals surface area contributed by atoms with Crippen LogP contribution < -0.4 is 5.73 Å². The summed E-state index contributed by atoms with van der Waals surface area (Å²) in [6.45, 7) is 1.84. The molecule has 2 rings (SSSR count). The van der Waals surface area contributed by atoms with E-state index in [9.17, 15) is 0 Å². The molecule has 0 bridgehead atoms. The van der Waals surface area contributed by atoms with Crippen LogP contribution in [0.15, 0.2) is 0 Å². The fourth-order valence-electron chi connectivity index (χ4n) is 1.50. The molecule has 0 amide bonds. The zero-order valence-electron chi connectivity index (χ0n) is 7.64. The molecular formula is C8H14N4O. The molecule has 1 saturated carbocycles. The number of aromatic nitrogens is 3. The Labute approximate surface area is 76.6 Å². The second-order valence-corrected chi connectivity index (χ2v) is 3.50. The van der Waals surface area contributed by atoms with Crippen molar-refractivity contribution in [2.75, 3.05) is 6.61 Å². The first kappa shape index (κ1) is 8.65. The quantitative estimate of drug-likeness (QED) is 0.685. The van der Waals surface area contributed by atoms with Gasteiger partial charge in [-0.2, -0.15) is 0 Å². The number of aliphatic hydroxyl groups is 1. The Morgan fingerprint density at radius 1 is 1.62 bits per heavy atom. The molecule has 0 radical (unpaired) electrons. The zero-order chi connectivity index (χ0) is 9.42. The van der Waals surface area contributed by atoms with Crippen molar-refractivity contribution in [3.63, 3.8) is 0 Å². The number of rotatable bonds is 3. The summed E-state index contributed by atoms with van der Waals surface area (Å²) in [5, 5.41) is 16.9. The minimum absolute atomic E-state index is 0.0785. The van der Waals surface area contributed by atoms with Crippen molar-refractivity contribution in [1.29, 1.82) is 0 Å². The van der Waals surface area contributed by atoms with E-state index in [0.717, 1.165) is 5.82 Å². The first-order chi connectivity index (χ1) is 6.24. The second-order valence-electron chi connectivity index (χ2n) is 3.50. The van der Waals surface area contributed by atoms with Crippen LogP contribution in [0.1, 0.15) is 36.6 Å². The van der Waals surface area contributed by atoms with Crippen molar-refractivity contribution in [2.24, 2.45) is 5.73 Å². The fraction of sp³-hybridized carbons (Fsp3) is 0.750. The van der Waals surface area contributed by atoms with Gasteiger partial charge in [-0.15, -0.1) is 10.2 Å². The predicted octanol–water partition coefficient (Wildman–Crippen LogP) is -0.0865. The highest BCUT2D eigenvalue weighted by Crippen LogP contribution is 2.37. The molecule has 3 N–H and O–H groups in total. The number of hydrogen-bond acceptors (Lipinski definition) is 4. The van der Waals surface area contributed by atoms with Crippen LogP contribution in [0, 0.1) is 6.92 Å². The van der Waals surface area contributed by atoms with E-state index in [2.05, 4.69) is 10.2 Å². The number of nitrogens with two attached hydrogens (primary N) is 1. The Morgan fingerprint density at radius 2 is 2.31 bits per heavy atom. The average Bonchev–Trinajstić information content (AvgIpc) is 2.89. The fourth-order valence-corrected chi connectivity index (χ4v) is 1.50. The standard InChI is InChI=1S/C8H14N4O/c1-5-10-11-8(7(9)4-13)12(5)6-2-3-6/h6-7,13H,2-4,9H2,1H3. The number of aryl methyl sites for hydroxylation is 1. The summed E-state index contributed by atoms with van der Waals surface area (Å²) in [7, 11) is 0. The third-order valence-electron chi connectivity index (χ3n) is 2.33. The summed E-state index contributed by atoms with van der Waals surface area (Å²) in [5.41, 5.74) is 5.70. The van der Waals surface area contributed by atoms with Crippen LogP contribution in [0.3, 0.4) is 0 Å². The van der Waals surface area contributed by atoms with E-state index in [0.29, 0.717) is 11.9 Å². The van der Waals surface area contributed by atoms with Gasteiger partial charge in [0.15, 0.2) is 5.82 Å². The van der Waals surface area contributed by atoms with Crippen molar-refractivity contribution < 1.29 is 5.11 Å². The third-order valence-corrected chi connectivity index (χ3v) is 2.33. The maximum Gasteiger partial charge on any atom is 0.152 e. The van der Waals surface area contributed by atoms with Gasteiger partial charge in [0.25, 0.3) is 0 Å². The summed E-state index contributed by atoms with van der Waals surface area (Å²) in [4.78, 5) is 0. The molecule has 5 nitrogen and oxygen atoms in total. The molecule has 1 fully saturated rings. The van der Waals surface area contributed by atoms with Crippen molar-refractivity contribution in [2.45, 2.75) is 31.8 Å². The van der Waals surface area contributed by atoms with Gasteiger partial charge in [-0.1, -0.05) is 0 Å². The van der Waals surface area contributed by atoms with E-state index in [1.165, 1.54) is 12.8 Å². The van der Waals surface area contributed by atoms with E-state index in [4.69, 9.17) is 10.8 Å². The smallest absolute Gasteiger partial charge is 0.152 e. The maximum absolute atomic E-state index is 8.92. The molecule has 72 valence electrons. The van der Waals surface area contributed by atoms with Crippen molar-refractivity contribution in [3.05, 3.63) is 11.6 Å². The van der Waals surface area contributed by atoms with Gasteiger partial charge in [0.2, 0.25) is 0 Å². The Hall–Kier alpha value is -0.940. The highest BCUT2D eigenvalue weighted by molar-refractivity contribution is 5.04. The summed E-state index contributed by atoms with van der Waals surface area (Å²) in [6.07, 6.45) is 2.34. The molecule has 0 aliphatic heterocycles. The SMILES string of the molecule is Cc1nnc(C(N)CO)n1C1CC1. The molecule has 1 unspecified atom stereocenters. The summed E-state index contributed by atoms with van der Waals surface area (Å²) in [6, 6.07) is 0.115. The Balaban J connectivity index is 2.33. The number of aliphatic hydroxyl groups excluding tert-OH is 1. The molecular weight excluding hydrogens is 168 g/mol. The summed E-state index contributed by atoms with van der Waals surface area (Å²) < 4.78 is 2.04. The summed E-state index contributed by atoms with van der Waals surface area (Å²) in [5.74, 6) is 1.60. The maximum atomic E-state index is 8.92. The van der Waals surface area contributed by atoms with Gasteiger partial charge < -0.3 is 15.4 Å². The molecule has 0 saturated heterocycles. The van der Waals surface area contributed by atoms with Gasteiger partial charge in [0.1, 0.15) is 5.82 Å². The van der Waals surface area contributed by atoms with Crippen LogP contribution in [0.5, 0.6) is 0 Å². The Kier molecular flexibility index (Phi) is 2.05. The molecule has 1 aliphatic rings. The van der Waals surface area contributed by atoms with E-state index < -0.39 is 6.04 Å². The normalized spacial score (nSPS) is 19.0. The van der Waals surface area contributed by atoms with Crippen LogP contribution in [0.25, 0.3) is 0 Å². The van der Waals surface area contributed by atoms with Crippen LogP contribution in [-0.2, 0) is 0 Å². The first-order valence-electron chi connectivity index (χ1n) is 4.52. The van der Waals surface area contributed by atoms with Gasteiger partial charge in [-0.3, -0.25) is 0 Å². The lowest BCUT2D eigenvalue weighted by Gasteiger charge is -2.10. The predicted molar refractivity (Wildman–Crippen MR) is 47.0 cm³/mol. The molecule has 1 heterocycles. The van der Waals surface area contributed by atoms with Gasteiger partial charge in [0, 0.05) is 6.04 Å². The van der Waals surface area contributed by atoms with Gasteiger partial charge in [-0.25, -0.2) is 0 Å². The molecule has 1 aliphatic carbocycles. The molecule has 1 aromatic heterocycles. The minimum Gasteiger partial charge on any atom is -0.394 e. The van der Waals surface area contributed by atoms with Crippen molar-refractivity contribution >= 4 is 0 Å². The van der Waals surface area contributed by atoms with E-state index in [1.54, 1.807) is 0 Å². The van der Waals surface area contributed by atoms with Crippen LogP contribution >= 0.6 is 0 Å². The topological polar surface area (TPSA) is 77.0 Å². The lowest BCUT2D eigenvalue weighted by molar-refractivity contribution is 0.260. The second kappa shape index (κ2) is 3.08. The van der Waals surface area contributed by atoms with Crippen LogP contribution in [-0.4, -0.2) is 26.5 Å². The Bertz CT molecular complexity index is 305. The molecule has 13 heavy (non-hydrogen) atoms. The Morgan fingerprint density at radius 3 is 2.85 bits per heavy atom. The van der Waals surface area contributed by atoms with E-state index in [-0.39, 0.29) is 6.61 Å². The zero-order valence-corrected chi connectivity index (χ0v) is 7.64. The molecule has 0 aromatic carbocycles. The van der Waals surface area contributed by atoms with Crippen LogP contribution in [0.4, 0.5) is 0 Å². The monoisotopic (exact) mass is 182 g/mol. The third kappa shape index (κ3) is 1.45. The minimum atomic E-state index is -0.401. The highest BCUT2D eigenvalue weighted by Gasteiger charge is 2.29. The largest absolute Gasteiger partial charge is 0.394 e. The average molecular weight is 182 g/mol. The van der Waals surface area contributed by atoms with E-state index >= 15 is 0 Å². The van der Waals surface area contributed by atoms with Crippen molar-refractivity contribution in [1.82, 2.24) is 14.8 Å². The number of hydrogen-bond donors (Lipinski definition) is 2. The molecule has 1 aromatic rings. The van der Waals surface area contributed by atoms with Gasteiger partial charge >= 0.3 is 0 Å². The molecule has 0 spiro atoms. The highest BCUT2D eigenvalue weighted by atomic mass is 16.3. The molecule has 1 atom stereocenters. The number of nitrogens with zero attached hydrogens (tertiary/aromatic N) is 3. The van der Waals surface area contributed by atoms with Gasteiger partial charge in [-0.05, 0) is 19.8 Å². The van der Waals surface area contributed by atoms with E-state index in [1.807, 2.05) is 11.5 Å². The van der Waals surface area contributed by atoms with Crippen molar-refractivity contribution in [3.8, 4) is 0 Å². The van der Waals surface area contributed by atoms with Gasteiger partial charge in [0.05, 0.1) is 12.6 Å². The first-order valence-corrected chi connectivity index (χ1v) is 4.52.